The number of aliphatic hydroxyl groups is 1. The van der Waals surface area contributed by atoms with Gasteiger partial charge in [0.25, 0.3) is 0 Å². The molecule has 0 amide bonds. The molecule has 6 nitrogen and oxygen atoms in total. The summed E-state index contributed by atoms with van der Waals surface area (Å²) >= 11 is 0. The maximum atomic E-state index is 11.4. The van der Waals surface area contributed by atoms with E-state index in [-0.39, 0.29) is 6.10 Å². The highest BCUT2D eigenvalue weighted by Gasteiger charge is 2.17. The molecule has 1 aliphatic rings. The number of hydrogen-bond donors (Lipinski definition) is 3. The summed E-state index contributed by atoms with van der Waals surface area (Å²) in [5, 5.41) is 19.5. The lowest BCUT2D eigenvalue weighted by Crippen LogP contribution is -2.38. The van der Waals surface area contributed by atoms with Gasteiger partial charge in [-0.3, -0.25) is 4.90 Å². The highest BCUT2D eigenvalue weighted by atomic mass is 16.5. The first-order chi connectivity index (χ1) is 11.0. The average Bonchev–Trinajstić information content (AvgIpc) is 2.84. The van der Waals surface area contributed by atoms with Crippen LogP contribution in [0.15, 0.2) is 18.2 Å². The lowest BCUT2D eigenvalue weighted by atomic mass is 10.1. The van der Waals surface area contributed by atoms with Gasteiger partial charge in [-0.25, -0.2) is 4.79 Å². The molecule has 0 spiro atoms. The van der Waals surface area contributed by atoms with Gasteiger partial charge in [0, 0.05) is 36.2 Å². The van der Waals surface area contributed by atoms with Crippen LogP contribution in [0, 0.1) is 6.92 Å². The Balaban J connectivity index is 1.64. The van der Waals surface area contributed by atoms with Crippen LogP contribution in [-0.2, 0) is 0 Å². The molecule has 0 atom stereocenters. The number of nitrogens with one attached hydrogen (secondary N) is 1. The number of piperidine rings is 1. The van der Waals surface area contributed by atoms with Crippen molar-refractivity contribution in [3.05, 3.63) is 29.5 Å². The van der Waals surface area contributed by atoms with E-state index in [0.717, 1.165) is 38.0 Å². The number of aromatic nitrogens is 1. The van der Waals surface area contributed by atoms with Crippen molar-refractivity contribution >= 4 is 16.9 Å². The van der Waals surface area contributed by atoms with E-state index in [0.29, 0.717) is 29.0 Å². The number of aromatic amines is 1. The molecule has 2 heterocycles. The molecule has 1 aromatic carbocycles. The summed E-state index contributed by atoms with van der Waals surface area (Å²) in [6, 6.07) is 5.48. The second-order valence-electron chi connectivity index (χ2n) is 6.06. The molecule has 0 radical (unpaired) electrons. The Labute approximate surface area is 134 Å². The Bertz CT molecular complexity index is 702. The zero-order valence-electron chi connectivity index (χ0n) is 13.2. The predicted molar refractivity (Wildman–Crippen MR) is 87.2 cm³/mol. The van der Waals surface area contributed by atoms with Gasteiger partial charge in [0.2, 0.25) is 0 Å². The molecular formula is C17H22N2O4. The summed E-state index contributed by atoms with van der Waals surface area (Å²) in [5.41, 5.74) is 1.75. The fraction of sp³-hybridized carbons (Fsp3) is 0.471. The number of carboxylic acid groups (broad SMARTS) is 1. The molecule has 0 unspecified atom stereocenters. The number of rotatable bonds is 5. The Hall–Kier alpha value is -2.05. The highest BCUT2D eigenvalue weighted by molar-refractivity contribution is 6.05. The number of aliphatic hydroxyl groups excluding tert-OH is 1. The monoisotopic (exact) mass is 318 g/mol. The van der Waals surface area contributed by atoms with Crippen LogP contribution in [0.25, 0.3) is 10.9 Å². The van der Waals surface area contributed by atoms with Crippen LogP contribution >= 0.6 is 0 Å². The third-order valence-corrected chi connectivity index (χ3v) is 4.40. The van der Waals surface area contributed by atoms with E-state index in [2.05, 4.69) is 9.88 Å². The summed E-state index contributed by atoms with van der Waals surface area (Å²) in [5.74, 6) is -0.256. The Morgan fingerprint density at radius 3 is 2.83 bits per heavy atom. The largest absolute Gasteiger partial charge is 0.492 e. The molecule has 3 N–H and O–H groups in total. The lowest BCUT2D eigenvalue weighted by Gasteiger charge is -2.29. The molecule has 6 heteroatoms. The number of likely N-dealkylation sites (tertiary alicyclic amines) is 1. The van der Waals surface area contributed by atoms with Gasteiger partial charge in [0.05, 0.1) is 11.7 Å². The summed E-state index contributed by atoms with van der Waals surface area (Å²) in [4.78, 5) is 16.7. The Morgan fingerprint density at radius 1 is 1.39 bits per heavy atom. The number of fused-ring (bicyclic) bond motifs is 1. The maximum absolute atomic E-state index is 11.4. The molecule has 0 saturated carbocycles. The van der Waals surface area contributed by atoms with Crippen LogP contribution in [0.3, 0.4) is 0 Å². The second-order valence-corrected chi connectivity index (χ2v) is 6.06. The van der Waals surface area contributed by atoms with Gasteiger partial charge >= 0.3 is 5.97 Å². The van der Waals surface area contributed by atoms with E-state index in [1.165, 1.54) is 0 Å². The summed E-state index contributed by atoms with van der Waals surface area (Å²) < 4.78 is 5.78. The van der Waals surface area contributed by atoms with E-state index in [1.807, 2.05) is 12.1 Å². The number of hydrogen-bond acceptors (Lipinski definition) is 4. The maximum Gasteiger partial charge on any atom is 0.338 e. The standard InChI is InChI=1S/C17H22N2O4/c1-11-16(17(21)22)14-10-13(2-3-15(14)18-11)23-9-8-19-6-4-12(20)5-7-19/h2-3,10,12,18,20H,4-9H2,1H3,(H,21,22). The molecule has 1 aliphatic heterocycles. The van der Waals surface area contributed by atoms with Gasteiger partial charge in [-0.15, -0.1) is 0 Å². The number of carbonyl (C=O) groups is 1. The van der Waals surface area contributed by atoms with Gasteiger partial charge in [-0.05, 0) is 38.0 Å². The molecule has 3 rings (SSSR count). The van der Waals surface area contributed by atoms with Crippen molar-refractivity contribution in [2.45, 2.75) is 25.9 Å². The van der Waals surface area contributed by atoms with Crippen LogP contribution in [-0.4, -0.2) is 58.4 Å². The number of H-pyrrole nitrogens is 1. The van der Waals surface area contributed by atoms with E-state index in [1.54, 1.807) is 13.0 Å². The van der Waals surface area contributed by atoms with Gasteiger partial charge in [-0.1, -0.05) is 0 Å². The molecule has 124 valence electrons. The molecule has 1 fully saturated rings. The number of nitrogens with zero attached hydrogens (tertiary/aromatic N) is 1. The van der Waals surface area contributed by atoms with Gasteiger partial charge < -0.3 is 19.9 Å². The van der Waals surface area contributed by atoms with Crippen molar-refractivity contribution < 1.29 is 19.7 Å². The van der Waals surface area contributed by atoms with E-state index in [9.17, 15) is 15.0 Å². The number of aryl methyl sites for hydroxylation is 1. The zero-order chi connectivity index (χ0) is 16.4. The fourth-order valence-electron chi connectivity index (χ4n) is 3.11. The average molecular weight is 318 g/mol. The van der Waals surface area contributed by atoms with Gasteiger partial charge in [0.15, 0.2) is 0 Å². The van der Waals surface area contributed by atoms with Crippen molar-refractivity contribution in [3.8, 4) is 5.75 Å². The van der Waals surface area contributed by atoms with Crippen LogP contribution in [0.1, 0.15) is 28.9 Å². The Kier molecular flexibility index (Phi) is 4.54. The lowest BCUT2D eigenvalue weighted by molar-refractivity contribution is 0.0698. The van der Waals surface area contributed by atoms with Crippen LogP contribution in [0.4, 0.5) is 0 Å². The topological polar surface area (TPSA) is 85.8 Å². The predicted octanol–water partition coefficient (Wildman–Crippen LogP) is 2.01. The van der Waals surface area contributed by atoms with Crippen molar-refractivity contribution in [3.63, 3.8) is 0 Å². The first kappa shape index (κ1) is 15.8. The van der Waals surface area contributed by atoms with E-state index in [4.69, 9.17) is 4.74 Å². The van der Waals surface area contributed by atoms with E-state index < -0.39 is 5.97 Å². The quantitative estimate of drug-likeness (QED) is 0.785. The number of carboxylic acids is 1. The minimum Gasteiger partial charge on any atom is -0.492 e. The minimum atomic E-state index is -0.933. The molecule has 0 bridgehead atoms. The summed E-state index contributed by atoms with van der Waals surface area (Å²) in [7, 11) is 0. The van der Waals surface area contributed by atoms with Gasteiger partial charge in [0.1, 0.15) is 12.4 Å². The third kappa shape index (κ3) is 3.48. The minimum absolute atomic E-state index is 0.166. The summed E-state index contributed by atoms with van der Waals surface area (Å²) in [6.07, 6.45) is 1.47. The van der Waals surface area contributed by atoms with E-state index >= 15 is 0 Å². The first-order valence-corrected chi connectivity index (χ1v) is 7.93. The SMILES string of the molecule is Cc1[nH]c2ccc(OCCN3CCC(O)CC3)cc2c1C(=O)O. The second kappa shape index (κ2) is 6.60. The molecular weight excluding hydrogens is 296 g/mol. The van der Waals surface area contributed by atoms with Gasteiger partial charge in [-0.2, -0.15) is 0 Å². The molecule has 2 aromatic rings. The van der Waals surface area contributed by atoms with Crippen LogP contribution in [0.2, 0.25) is 0 Å². The van der Waals surface area contributed by atoms with Crippen molar-refractivity contribution in [1.29, 1.82) is 0 Å². The van der Waals surface area contributed by atoms with Crippen molar-refractivity contribution in [2.24, 2.45) is 0 Å². The van der Waals surface area contributed by atoms with Crippen LogP contribution in [0.5, 0.6) is 5.75 Å². The number of aromatic carboxylic acids is 1. The first-order valence-electron chi connectivity index (χ1n) is 7.93. The molecule has 1 aromatic heterocycles. The van der Waals surface area contributed by atoms with Crippen molar-refractivity contribution in [2.75, 3.05) is 26.2 Å². The molecule has 1 saturated heterocycles. The molecule has 23 heavy (non-hydrogen) atoms. The summed E-state index contributed by atoms with van der Waals surface area (Å²) in [6.45, 7) is 4.90. The Morgan fingerprint density at radius 2 is 2.13 bits per heavy atom. The third-order valence-electron chi connectivity index (χ3n) is 4.40. The zero-order valence-corrected chi connectivity index (χ0v) is 13.2. The molecule has 0 aliphatic carbocycles. The number of ether oxygens (including phenoxy) is 1. The fourth-order valence-corrected chi connectivity index (χ4v) is 3.11. The van der Waals surface area contributed by atoms with Crippen molar-refractivity contribution in [1.82, 2.24) is 9.88 Å². The normalized spacial score (nSPS) is 16.8. The highest BCUT2D eigenvalue weighted by Crippen LogP contribution is 2.26. The number of benzene rings is 1. The van der Waals surface area contributed by atoms with Crippen LogP contribution < -0.4 is 4.74 Å². The smallest absolute Gasteiger partial charge is 0.338 e.